The summed E-state index contributed by atoms with van der Waals surface area (Å²) in [4.78, 5) is 4.93. The topological polar surface area (TPSA) is 32.5 Å². The van der Waals surface area contributed by atoms with Gasteiger partial charge in [0.1, 0.15) is 0 Å². The first kappa shape index (κ1) is 13.8. The van der Waals surface area contributed by atoms with Crippen molar-refractivity contribution in [2.75, 3.05) is 31.6 Å². The first-order valence-electron chi connectivity index (χ1n) is 6.54. The van der Waals surface area contributed by atoms with Gasteiger partial charge in [0.2, 0.25) is 0 Å². The van der Waals surface area contributed by atoms with Crippen molar-refractivity contribution in [3.8, 4) is 0 Å². The Balaban J connectivity index is 2.26. The fourth-order valence-electron chi connectivity index (χ4n) is 2.95. The van der Waals surface area contributed by atoms with Gasteiger partial charge in [0.25, 0.3) is 0 Å². The summed E-state index contributed by atoms with van der Waals surface area (Å²) >= 11 is 3.56. The van der Waals surface area contributed by atoms with E-state index in [1.807, 2.05) is 0 Å². The van der Waals surface area contributed by atoms with E-state index in [0.717, 1.165) is 30.5 Å². The number of rotatable bonds is 3. The summed E-state index contributed by atoms with van der Waals surface area (Å²) < 4.78 is 1.14. The molecule has 1 fully saturated rings. The van der Waals surface area contributed by atoms with Crippen molar-refractivity contribution in [2.24, 2.45) is 5.73 Å². The van der Waals surface area contributed by atoms with Crippen LogP contribution < -0.4 is 10.6 Å². The number of hydrogen-bond acceptors (Lipinski definition) is 3. The van der Waals surface area contributed by atoms with Crippen LogP contribution in [0.25, 0.3) is 0 Å². The Morgan fingerprint density at radius 2 is 2.17 bits per heavy atom. The highest BCUT2D eigenvalue weighted by molar-refractivity contribution is 9.10. The van der Waals surface area contributed by atoms with Crippen LogP contribution in [0.2, 0.25) is 0 Å². The van der Waals surface area contributed by atoms with Crippen molar-refractivity contribution in [3.63, 3.8) is 0 Å². The Hall–Kier alpha value is -0.580. The highest BCUT2D eigenvalue weighted by atomic mass is 79.9. The van der Waals surface area contributed by atoms with E-state index < -0.39 is 0 Å². The average Bonchev–Trinajstić information content (AvgIpc) is 2.28. The first-order valence-corrected chi connectivity index (χ1v) is 7.33. The van der Waals surface area contributed by atoms with Crippen molar-refractivity contribution < 1.29 is 0 Å². The van der Waals surface area contributed by atoms with E-state index >= 15 is 0 Å². The van der Waals surface area contributed by atoms with Gasteiger partial charge >= 0.3 is 0 Å². The van der Waals surface area contributed by atoms with Crippen LogP contribution in [0.15, 0.2) is 28.7 Å². The van der Waals surface area contributed by atoms with Crippen LogP contribution in [0.5, 0.6) is 0 Å². The molecular formula is C14H22BrN3. The molecule has 0 amide bonds. The zero-order valence-corrected chi connectivity index (χ0v) is 12.7. The molecule has 0 saturated carbocycles. The van der Waals surface area contributed by atoms with Crippen LogP contribution in [0.1, 0.15) is 13.3 Å². The molecule has 0 aromatic heterocycles. The van der Waals surface area contributed by atoms with Gasteiger partial charge in [-0.25, -0.2) is 0 Å². The number of benzene rings is 1. The lowest BCUT2D eigenvalue weighted by Gasteiger charge is -2.46. The lowest BCUT2D eigenvalue weighted by atomic mass is 10.0. The Labute approximate surface area is 118 Å². The van der Waals surface area contributed by atoms with E-state index in [2.05, 4.69) is 64.0 Å². The summed E-state index contributed by atoms with van der Waals surface area (Å²) in [6.45, 7) is 5.23. The van der Waals surface area contributed by atoms with E-state index in [9.17, 15) is 0 Å². The number of hydrogen-bond donors (Lipinski definition) is 1. The summed E-state index contributed by atoms with van der Waals surface area (Å²) in [6, 6.07) is 9.60. The minimum atomic E-state index is 0.512. The predicted octanol–water partition coefficient (Wildman–Crippen LogP) is 2.31. The lowest BCUT2D eigenvalue weighted by molar-refractivity contribution is 0.227. The van der Waals surface area contributed by atoms with Crippen LogP contribution in [0.4, 0.5) is 5.69 Å². The van der Waals surface area contributed by atoms with Gasteiger partial charge < -0.3 is 15.5 Å². The number of anilines is 1. The second-order valence-electron chi connectivity index (χ2n) is 5.19. The van der Waals surface area contributed by atoms with Crippen LogP contribution in [0, 0.1) is 0 Å². The minimum absolute atomic E-state index is 0.512. The fraction of sp³-hybridized carbons (Fsp3) is 0.571. The molecule has 3 nitrogen and oxygen atoms in total. The van der Waals surface area contributed by atoms with Gasteiger partial charge in [-0.1, -0.05) is 22.0 Å². The van der Waals surface area contributed by atoms with Crippen molar-refractivity contribution >= 4 is 21.6 Å². The van der Waals surface area contributed by atoms with Crippen LogP contribution in [0.3, 0.4) is 0 Å². The standard InChI is InChI=1S/C14H22BrN3/c1-11-9-17(2)10-14(6-7-16)18(11)13-5-3-4-12(15)8-13/h3-5,8,11,14H,6-7,9-10,16H2,1-2H3. The van der Waals surface area contributed by atoms with Gasteiger partial charge in [-0.3, -0.25) is 0 Å². The molecule has 1 aliphatic rings. The van der Waals surface area contributed by atoms with Crippen LogP contribution in [-0.4, -0.2) is 43.7 Å². The molecule has 2 N–H and O–H groups in total. The smallest absolute Gasteiger partial charge is 0.0432 e. The van der Waals surface area contributed by atoms with Gasteiger partial charge in [-0.05, 0) is 45.1 Å². The molecule has 0 aliphatic carbocycles. The Morgan fingerprint density at radius 3 is 2.83 bits per heavy atom. The summed E-state index contributed by atoms with van der Waals surface area (Å²) in [6.07, 6.45) is 1.04. The van der Waals surface area contributed by atoms with E-state index in [1.54, 1.807) is 0 Å². The maximum atomic E-state index is 5.77. The molecule has 0 bridgehead atoms. The van der Waals surface area contributed by atoms with Crippen molar-refractivity contribution in [1.82, 2.24) is 4.90 Å². The predicted molar refractivity (Wildman–Crippen MR) is 81.0 cm³/mol. The molecule has 2 unspecified atom stereocenters. The minimum Gasteiger partial charge on any atom is -0.363 e. The van der Waals surface area contributed by atoms with Crippen LogP contribution >= 0.6 is 15.9 Å². The third kappa shape index (κ3) is 3.05. The van der Waals surface area contributed by atoms with E-state index in [1.165, 1.54) is 5.69 Å². The Bertz CT molecular complexity index is 396. The zero-order valence-electron chi connectivity index (χ0n) is 11.1. The van der Waals surface area contributed by atoms with E-state index in [4.69, 9.17) is 5.73 Å². The largest absolute Gasteiger partial charge is 0.363 e. The summed E-state index contributed by atoms with van der Waals surface area (Å²) in [7, 11) is 2.19. The highest BCUT2D eigenvalue weighted by Crippen LogP contribution is 2.27. The summed E-state index contributed by atoms with van der Waals surface area (Å²) in [5.41, 5.74) is 7.06. The maximum Gasteiger partial charge on any atom is 0.0432 e. The van der Waals surface area contributed by atoms with Crippen molar-refractivity contribution in [1.29, 1.82) is 0 Å². The molecule has 4 heteroatoms. The third-order valence-corrected chi connectivity index (χ3v) is 4.07. The average molecular weight is 312 g/mol. The normalized spacial score (nSPS) is 25.4. The van der Waals surface area contributed by atoms with E-state index in [0.29, 0.717) is 12.1 Å². The highest BCUT2D eigenvalue weighted by Gasteiger charge is 2.30. The Kier molecular flexibility index (Phi) is 4.65. The number of likely N-dealkylation sites (N-methyl/N-ethyl adjacent to an activating group) is 1. The molecule has 1 heterocycles. The molecule has 100 valence electrons. The number of nitrogens with zero attached hydrogens (tertiary/aromatic N) is 2. The first-order chi connectivity index (χ1) is 8.61. The lowest BCUT2D eigenvalue weighted by Crippen LogP contribution is -2.57. The maximum absolute atomic E-state index is 5.77. The third-order valence-electron chi connectivity index (χ3n) is 3.57. The Morgan fingerprint density at radius 1 is 1.39 bits per heavy atom. The molecule has 0 spiro atoms. The van der Waals surface area contributed by atoms with Gasteiger partial charge in [-0.15, -0.1) is 0 Å². The molecular weight excluding hydrogens is 290 g/mol. The molecule has 0 radical (unpaired) electrons. The molecule has 2 rings (SSSR count). The second-order valence-corrected chi connectivity index (χ2v) is 6.10. The molecule has 2 atom stereocenters. The molecule has 1 saturated heterocycles. The molecule has 18 heavy (non-hydrogen) atoms. The summed E-state index contributed by atoms with van der Waals surface area (Å²) in [5.74, 6) is 0. The second kappa shape index (κ2) is 6.04. The van der Waals surface area contributed by atoms with Crippen molar-refractivity contribution in [2.45, 2.75) is 25.4 Å². The quantitative estimate of drug-likeness (QED) is 0.929. The molecule has 1 aromatic rings. The van der Waals surface area contributed by atoms with Gasteiger partial charge in [0.05, 0.1) is 0 Å². The van der Waals surface area contributed by atoms with Crippen molar-refractivity contribution in [3.05, 3.63) is 28.7 Å². The number of halogens is 1. The summed E-state index contributed by atoms with van der Waals surface area (Å²) in [5, 5.41) is 0. The van der Waals surface area contributed by atoms with Gasteiger partial charge in [-0.2, -0.15) is 0 Å². The SMILES string of the molecule is CC1CN(C)CC(CCN)N1c1cccc(Br)c1. The van der Waals surface area contributed by atoms with Crippen LogP contribution in [-0.2, 0) is 0 Å². The zero-order chi connectivity index (χ0) is 13.1. The monoisotopic (exact) mass is 311 g/mol. The molecule has 1 aliphatic heterocycles. The van der Waals surface area contributed by atoms with E-state index in [-0.39, 0.29) is 0 Å². The number of nitrogens with two attached hydrogens (primary N) is 1. The fourth-order valence-corrected chi connectivity index (χ4v) is 3.33. The van der Waals surface area contributed by atoms with Gasteiger partial charge in [0, 0.05) is 35.3 Å². The molecule has 1 aromatic carbocycles. The van der Waals surface area contributed by atoms with Gasteiger partial charge in [0.15, 0.2) is 0 Å². The number of piperazine rings is 1.